The van der Waals surface area contributed by atoms with Gasteiger partial charge in [-0.15, -0.1) is 0 Å². The topological polar surface area (TPSA) is 6.48 Å². The van der Waals surface area contributed by atoms with E-state index in [-0.39, 0.29) is 0 Å². The maximum absolute atomic E-state index is 2.37. The molecule has 10 aromatic carbocycles. The molecule has 0 aliphatic heterocycles. The first-order valence-corrected chi connectivity index (χ1v) is 20.5. The fourth-order valence-corrected chi connectivity index (χ4v) is 8.29. The molecule has 60 heavy (non-hydrogen) atoms. The minimum Gasteiger partial charge on any atom is -0.310 e. The summed E-state index contributed by atoms with van der Waals surface area (Å²) < 4.78 is 0. The number of nitrogens with zero attached hydrogens (tertiary/aromatic N) is 2. The fourth-order valence-electron chi connectivity index (χ4n) is 8.29. The summed E-state index contributed by atoms with van der Waals surface area (Å²) >= 11 is 0. The molecular formula is C58H42N2. The zero-order valence-electron chi connectivity index (χ0n) is 33.1. The maximum Gasteiger partial charge on any atom is 0.0540 e. The fraction of sp³-hybridized carbons (Fsp3) is 0. The molecule has 0 spiro atoms. The van der Waals surface area contributed by atoms with Crippen LogP contribution in [-0.2, 0) is 0 Å². The number of hydrogen-bond donors (Lipinski definition) is 0. The van der Waals surface area contributed by atoms with Crippen LogP contribution < -0.4 is 9.80 Å². The Morgan fingerprint density at radius 2 is 0.600 bits per heavy atom. The van der Waals surface area contributed by atoms with Crippen LogP contribution in [0.3, 0.4) is 0 Å². The lowest BCUT2D eigenvalue weighted by molar-refractivity contribution is 1.28. The third-order valence-electron chi connectivity index (χ3n) is 11.3. The van der Waals surface area contributed by atoms with Crippen molar-refractivity contribution in [3.63, 3.8) is 0 Å². The van der Waals surface area contributed by atoms with E-state index in [2.05, 4.69) is 265 Å². The summed E-state index contributed by atoms with van der Waals surface area (Å²) in [6.07, 6.45) is 0. The van der Waals surface area contributed by atoms with E-state index in [0.29, 0.717) is 0 Å². The molecule has 0 aliphatic rings. The van der Waals surface area contributed by atoms with Crippen molar-refractivity contribution >= 4 is 44.9 Å². The lowest BCUT2D eigenvalue weighted by atomic mass is 9.93. The molecule has 0 saturated carbocycles. The SMILES string of the molecule is c1ccc(-c2ccc(N(c3ccc(-c4ccc(N(c5ccccc5)c5cccc6ccccc56)cc4)cc3)c3ccc(-c4ccccc4)c(-c4ccccc4)c3)cc2)cc1. The molecule has 0 fully saturated rings. The highest BCUT2D eigenvalue weighted by atomic mass is 15.1. The molecule has 0 heterocycles. The van der Waals surface area contributed by atoms with Crippen LogP contribution in [0, 0.1) is 0 Å². The largest absolute Gasteiger partial charge is 0.310 e. The Morgan fingerprint density at radius 1 is 0.217 bits per heavy atom. The van der Waals surface area contributed by atoms with Gasteiger partial charge in [0.05, 0.1) is 5.69 Å². The molecule has 0 unspecified atom stereocenters. The molecule has 2 nitrogen and oxygen atoms in total. The highest BCUT2D eigenvalue weighted by molar-refractivity contribution is 5.99. The van der Waals surface area contributed by atoms with Crippen LogP contribution in [0.1, 0.15) is 0 Å². The van der Waals surface area contributed by atoms with E-state index in [9.17, 15) is 0 Å². The van der Waals surface area contributed by atoms with Crippen LogP contribution in [0.15, 0.2) is 255 Å². The number of hydrogen-bond acceptors (Lipinski definition) is 2. The van der Waals surface area contributed by atoms with Gasteiger partial charge in [0.15, 0.2) is 0 Å². The predicted octanol–water partition coefficient (Wildman–Crippen LogP) is 16.4. The predicted molar refractivity (Wildman–Crippen MR) is 255 cm³/mol. The second kappa shape index (κ2) is 16.5. The van der Waals surface area contributed by atoms with E-state index < -0.39 is 0 Å². The van der Waals surface area contributed by atoms with Crippen molar-refractivity contribution in [3.05, 3.63) is 255 Å². The first kappa shape index (κ1) is 36.4. The van der Waals surface area contributed by atoms with Gasteiger partial charge in [-0.25, -0.2) is 0 Å². The van der Waals surface area contributed by atoms with Gasteiger partial charge >= 0.3 is 0 Å². The van der Waals surface area contributed by atoms with Crippen molar-refractivity contribution in [1.82, 2.24) is 0 Å². The van der Waals surface area contributed by atoms with Crippen molar-refractivity contribution in [2.45, 2.75) is 0 Å². The molecule has 0 N–H and O–H groups in total. The summed E-state index contributed by atoms with van der Waals surface area (Å²) in [6, 6.07) is 91.4. The van der Waals surface area contributed by atoms with Crippen LogP contribution in [-0.4, -0.2) is 0 Å². The summed E-state index contributed by atoms with van der Waals surface area (Å²) in [6.45, 7) is 0. The first-order valence-electron chi connectivity index (χ1n) is 20.5. The van der Waals surface area contributed by atoms with E-state index in [1.165, 1.54) is 44.2 Å². The molecule has 10 rings (SSSR count). The van der Waals surface area contributed by atoms with Gasteiger partial charge in [-0.2, -0.15) is 0 Å². The summed E-state index contributed by atoms with van der Waals surface area (Å²) in [5, 5.41) is 2.44. The summed E-state index contributed by atoms with van der Waals surface area (Å²) in [4.78, 5) is 4.72. The Morgan fingerprint density at radius 3 is 1.15 bits per heavy atom. The molecule has 0 bridgehead atoms. The van der Waals surface area contributed by atoms with Gasteiger partial charge in [0.1, 0.15) is 0 Å². The van der Waals surface area contributed by atoms with Crippen molar-refractivity contribution < 1.29 is 0 Å². The van der Waals surface area contributed by atoms with Gasteiger partial charge in [-0.05, 0) is 117 Å². The van der Waals surface area contributed by atoms with Gasteiger partial charge < -0.3 is 9.80 Å². The van der Waals surface area contributed by atoms with E-state index in [1.807, 2.05) is 0 Å². The minimum atomic E-state index is 1.08. The highest BCUT2D eigenvalue weighted by Gasteiger charge is 2.18. The van der Waals surface area contributed by atoms with Gasteiger partial charge in [0, 0.05) is 33.8 Å². The Kier molecular flexibility index (Phi) is 10.0. The summed E-state index contributed by atoms with van der Waals surface area (Å²) in [5.74, 6) is 0. The quantitative estimate of drug-likeness (QED) is 0.137. The summed E-state index contributed by atoms with van der Waals surface area (Å²) in [7, 11) is 0. The van der Waals surface area contributed by atoms with Gasteiger partial charge in [0.2, 0.25) is 0 Å². The van der Waals surface area contributed by atoms with Crippen LogP contribution >= 0.6 is 0 Å². The standard InChI is InChI=1S/C58H42N2/c1-5-16-43(17-6-1)44-28-34-51(35-29-44)59(54-40-41-55(47-18-7-2-8-19-47)57(42-54)49-20-9-3-10-21-49)52-36-30-45(31-37-52)46-32-38-53(39-33-46)60(50-24-11-4-12-25-50)58-27-15-23-48-22-13-14-26-56(48)58/h1-42H. The number of fused-ring (bicyclic) bond motifs is 1. The van der Waals surface area contributed by atoms with E-state index in [1.54, 1.807) is 0 Å². The molecule has 0 saturated heterocycles. The smallest absolute Gasteiger partial charge is 0.0540 e. The van der Waals surface area contributed by atoms with Crippen LogP contribution in [0.2, 0.25) is 0 Å². The second-order valence-electron chi connectivity index (χ2n) is 15.0. The molecule has 10 aromatic rings. The van der Waals surface area contributed by atoms with Crippen LogP contribution in [0.5, 0.6) is 0 Å². The Hall–Kier alpha value is -7.94. The van der Waals surface area contributed by atoms with Crippen LogP contribution in [0.4, 0.5) is 34.1 Å². The lowest BCUT2D eigenvalue weighted by Crippen LogP contribution is -2.10. The van der Waals surface area contributed by atoms with Gasteiger partial charge in [-0.3, -0.25) is 0 Å². The summed E-state index contributed by atoms with van der Waals surface area (Å²) in [5.41, 5.74) is 16.1. The van der Waals surface area contributed by atoms with E-state index in [4.69, 9.17) is 0 Å². The van der Waals surface area contributed by atoms with E-state index >= 15 is 0 Å². The van der Waals surface area contributed by atoms with Crippen molar-refractivity contribution in [2.24, 2.45) is 0 Å². The average Bonchev–Trinajstić information content (AvgIpc) is 3.34. The molecule has 0 aromatic heterocycles. The number of rotatable bonds is 10. The van der Waals surface area contributed by atoms with Gasteiger partial charge in [-0.1, -0.05) is 188 Å². The Balaban J connectivity index is 1.03. The van der Waals surface area contributed by atoms with Crippen molar-refractivity contribution in [3.8, 4) is 44.5 Å². The lowest BCUT2D eigenvalue weighted by Gasteiger charge is -2.27. The number of benzene rings is 10. The molecule has 0 aliphatic carbocycles. The van der Waals surface area contributed by atoms with Gasteiger partial charge in [0.25, 0.3) is 0 Å². The minimum absolute atomic E-state index is 1.08. The zero-order chi connectivity index (χ0) is 40.1. The molecule has 2 heteroatoms. The normalized spacial score (nSPS) is 11.0. The van der Waals surface area contributed by atoms with Crippen LogP contribution in [0.25, 0.3) is 55.3 Å². The molecule has 0 radical (unpaired) electrons. The average molecular weight is 767 g/mol. The zero-order valence-corrected chi connectivity index (χ0v) is 33.1. The third-order valence-corrected chi connectivity index (χ3v) is 11.3. The molecular weight excluding hydrogens is 725 g/mol. The monoisotopic (exact) mass is 766 g/mol. The first-order chi connectivity index (χ1) is 29.8. The molecule has 0 amide bonds. The Labute approximate surface area is 352 Å². The maximum atomic E-state index is 2.37. The molecule has 0 atom stereocenters. The third kappa shape index (κ3) is 7.35. The highest BCUT2D eigenvalue weighted by Crippen LogP contribution is 2.43. The second-order valence-corrected chi connectivity index (χ2v) is 15.0. The Bertz CT molecular complexity index is 2980. The molecule has 284 valence electrons. The number of anilines is 6. The van der Waals surface area contributed by atoms with E-state index in [0.717, 1.165) is 45.3 Å². The van der Waals surface area contributed by atoms with Crippen molar-refractivity contribution in [1.29, 1.82) is 0 Å². The van der Waals surface area contributed by atoms with Crippen molar-refractivity contribution in [2.75, 3.05) is 9.80 Å². The number of para-hydroxylation sites is 1.